The third-order valence-electron chi connectivity index (χ3n) is 2.70. The Labute approximate surface area is 102 Å². The highest BCUT2D eigenvalue weighted by Crippen LogP contribution is 2.16. The second-order valence-electron chi connectivity index (χ2n) is 4.25. The van der Waals surface area contributed by atoms with E-state index in [0.29, 0.717) is 5.95 Å². The molecule has 0 amide bonds. The third kappa shape index (κ3) is 3.86. The minimum absolute atomic E-state index is 0.0691. The zero-order chi connectivity index (χ0) is 13.0. The molecule has 1 aromatic heterocycles. The molecule has 2 rings (SSSR count). The summed E-state index contributed by atoms with van der Waals surface area (Å²) in [5.74, 6) is 0.651. The average Bonchev–Trinajstić information content (AvgIpc) is 2.77. The summed E-state index contributed by atoms with van der Waals surface area (Å²) < 4.78 is 40.7. The molecule has 1 aromatic rings. The van der Waals surface area contributed by atoms with E-state index >= 15 is 0 Å². The zero-order valence-electron chi connectivity index (χ0n) is 9.83. The summed E-state index contributed by atoms with van der Waals surface area (Å²) in [7, 11) is 0. The largest absolute Gasteiger partial charge is 0.401 e. The average molecular weight is 264 g/mol. The smallest absolute Gasteiger partial charge is 0.338 e. The van der Waals surface area contributed by atoms with Gasteiger partial charge in [-0.05, 0) is 24.4 Å². The highest BCUT2D eigenvalue weighted by atomic mass is 19.4. The van der Waals surface area contributed by atoms with Crippen molar-refractivity contribution in [2.45, 2.75) is 32.0 Å². The van der Waals surface area contributed by atoms with Crippen LogP contribution in [0.3, 0.4) is 0 Å². The van der Waals surface area contributed by atoms with Crippen molar-refractivity contribution in [3.8, 4) is 0 Å². The topological polar surface area (TPSA) is 54.2 Å². The Kier molecular flexibility index (Phi) is 4.05. The van der Waals surface area contributed by atoms with Crippen LogP contribution in [0.2, 0.25) is 0 Å². The van der Waals surface area contributed by atoms with Gasteiger partial charge in [0, 0.05) is 13.1 Å². The van der Waals surface area contributed by atoms with Crippen LogP contribution in [0, 0.1) is 0 Å². The maximum absolute atomic E-state index is 11.9. The first-order chi connectivity index (χ1) is 8.54. The molecule has 1 fully saturated rings. The maximum atomic E-state index is 11.9. The van der Waals surface area contributed by atoms with Crippen LogP contribution in [0.25, 0.3) is 0 Å². The van der Waals surface area contributed by atoms with Gasteiger partial charge in [-0.25, -0.2) is 0 Å². The van der Waals surface area contributed by atoms with Crippen LogP contribution in [0.1, 0.15) is 25.2 Å². The van der Waals surface area contributed by atoms with E-state index in [1.54, 1.807) is 0 Å². The molecule has 1 aliphatic heterocycles. The molecule has 2 heterocycles. The number of aromatic nitrogens is 2. The summed E-state index contributed by atoms with van der Waals surface area (Å²) in [6.45, 7) is 0.610. The van der Waals surface area contributed by atoms with Crippen LogP contribution in [0.15, 0.2) is 4.52 Å². The molecular formula is C10H15F3N4O. The molecule has 0 aromatic carbocycles. The molecule has 5 nitrogen and oxygen atoms in total. The fourth-order valence-electron chi connectivity index (χ4n) is 1.85. The van der Waals surface area contributed by atoms with Crippen molar-refractivity contribution in [1.82, 2.24) is 15.5 Å². The molecular weight excluding hydrogens is 249 g/mol. The van der Waals surface area contributed by atoms with E-state index in [-0.39, 0.29) is 12.4 Å². The van der Waals surface area contributed by atoms with Crippen molar-refractivity contribution < 1.29 is 17.7 Å². The lowest BCUT2D eigenvalue weighted by molar-refractivity contribution is -0.125. The van der Waals surface area contributed by atoms with Gasteiger partial charge in [0.15, 0.2) is 0 Å². The molecule has 102 valence electrons. The number of hydrogen-bond acceptors (Lipinski definition) is 5. The van der Waals surface area contributed by atoms with Gasteiger partial charge in [-0.1, -0.05) is 0 Å². The van der Waals surface area contributed by atoms with Crippen LogP contribution < -0.4 is 10.2 Å². The van der Waals surface area contributed by atoms with E-state index in [2.05, 4.69) is 15.5 Å². The van der Waals surface area contributed by atoms with E-state index in [0.717, 1.165) is 25.9 Å². The van der Waals surface area contributed by atoms with E-state index in [1.165, 1.54) is 6.42 Å². The minimum atomic E-state index is -4.23. The third-order valence-corrected chi connectivity index (χ3v) is 2.70. The highest BCUT2D eigenvalue weighted by Gasteiger charge is 2.26. The molecule has 18 heavy (non-hydrogen) atoms. The van der Waals surface area contributed by atoms with Gasteiger partial charge >= 0.3 is 6.18 Å². The van der Waals surface area contributed by atoms with Gasteiger partial charge in [-0.15, -0.1) is 0 Å². The van der Waals surface area contributed by atoms with Crippen LogP contribution >= 0.6 is 0 Å². The number of piperidine rings is 1. The fraction of sp³-hybridized carbons (Fsp3) is 0.800. The molecule has 0 radical (unpaired) electrons. The van der Waals surface area contributed by atoms with E-state index in [9.17, 15) is 13.2 Å². The van der Waals surface area contributed by atoms with E-state index in [4.69, 9.17) is 4.52 Å². The molecule has 8 heteroatoms. The quantitative estimate of drug-likeness (QED) is 0.897. The summed E-state index contributed by atoms with van der Waals surface area (Å²) in [5.41, 5.74) is 0. The van der Waals surface area contributed by atoms with Crippen molar-refractivity contribution in [3.63, 3.8) is 0 Å². The first-order valence-electron chi connectivity index (χ1n) is 5.89. The molecule has 1 aliphatic rings. The van der Waals surface area contributed by atoms with Crippen LogP contribution in [-0.4, -0.2) is 36.0 Å². The molecule has 1 N–H and O–H groups in total. The molecule has 0 spiro atoms. The Hall–Kier alpha value is -1.31. The Balaban J connectivity index is 1.82. The Morgan fingerprint density at radius 2 is 1.94 bits per heavy atom. The molecule has 0 bridgehead atoms. The lowest BCUT2D eigenvalue weighted by Gasteiger charge is -2.24. The number of hydrogen-bond donors (Lipinski definition) is 1. The summed E-state index contributed by atoms with van der Waals surface area (Å²) in [4.78, 5) is 6.06. The lowest BCUT2D eigenvalue weighted by Crippen LogP contribution is -2.30. The standard InChI is InChI=1S/C10H15F3N4O/c11-10(12,13)7-14-6-8-15-9(16-18-8)17-4-2-1-3-5-17/h14H,1-7H2. The second kappa shape index (κ2) is 5.55. The van der Waals surface area contributed by atoms with Crippen molar-refractivity contribution in [3.05, 3.63) is 5.89 Å². The number of nitrogens with zero attached hydrogens (tertiary/aromatic N) is 3. The predicted molar refractivity (Wildman–Crippen MR) is 58.1 cm³/mol. The molecule has 0 atom stereocenters. The molecule has 1 saturated heterocycles. The van der Waals surface area contributed by atoms with Crippen molar-refractivity contribution >= 4 is 5.95 Å². The normalized spacial score (nSPS) is 17.2. The second-order valence-corrected chi connectivity index (χ2v) is 4.25. The number of anilines is 1. The number of rotatable bonds is 4. The predicted octanol–water partition coefficient (Wildman–Crippen LogP) is 1.71. The first kappa shape index (κ1) is 13.1. The van der Waals surface area contributed by atoms with Gasteiger partial charge in [0.25, 0.3) is 5.95 Å². The Morgan fingerprint density at radius 1 is 1.22 bits per heavy atom. The highest BCUT2D eigenvalue weighted by molar-refractivity contribution is 5.27. The van der Waals surface area contributed by atoms with Gasteiger partial charge in [0.2, 0.25) is 5.89 Å². The Morgan fingerprint density at radius 3 is 2.61 bits per heavy atom. The zero-order valence-corrected chi connectivity index (χ0v) is 9.83. The van der Waals surface area contributed by atoms with Crippen LogP contribution in [0.5, 0.6) is 0 Å². The minimum Gasteiger partial charge on any atom is -0.338 e. The van der Waals surface area contributed by atoms with E-state index in [1.807, 2.05) is 4.90 Å². The number of halogens is 3. The lowest BCUT2D eigenvalue weighted by atomic mass is 10.1. The summed E-state index contributed by atoms with van der Waals surface area (Å²) in [6.07, 6.45) is -0.879. The fourth-order valence-corrected chi connectivity index (χ4v) is 1.85. The molecule has 0 aliphatic carbocycles. The van der Waals surface area contributed by atoms with E-state index < -0.39 is 12.7 Å². The van der Waals surface area contributed by atoms with Crippen molar-refractivity contribution in [2.75, 3.05) is 24.5 Å². The Bertz CT molecular complexity index is 373. The number of nitrogens with one attached hydrogen (secondary N) is 1. The summed E-state index contributed by atoms with van der Waals surface area (Å²) in [5, 5.41) is 5.99. The van der Waals surface area contributed by atoms with Gasteiger partial charge < -0.3 is 14.7 Å². The van der Waals surface area contributed by atoms with Crippen LogP contribution in [-0.2, 0) is 6.54 Å². The van der Waals surface area contributed by atoms with Crippen LogP contribution in [0.4, 0.5) is 19.1 Å². The van der Waals surface area contributed by atoms with Crippen molar-refractivity contribution in [1.29, 1.82) is 0 Å². The molecule has 0 saturated carbocycles. The number of alkyl halides is 3. The monoisotopic (exact) mass is 264 g/mol. The van der Waals surface area contributed by atoms with Gasteiger partial charge in [0.05, 0.1) is 13.1 Å². The molecule has 0 unspecified atom stereocenters. The van der Waals surface area contributed by atoms with Gasteiger partial charge in [0.1, 0.15) is 0 Å². The SMILES string of the molecule is FC(F)(F)CNCc1nc(N2CCCCC2)no1. The van der Waals surface area contributed by atoms with Gasteiger partial charge in [-0.3, -0.25) is 0 Å². The van der Waals surface area contributed by atoms with Gasteiger partial charge in [-0.2, -0.15) is 18.2 Å². The first-order valence-corrected chi connectivity index (χ1v) is 5.89. The maximum Gasteiger partial charge on any atom is 0.401 e. The summed E-state index contributed by atoms with van der Waals surface area (Å²) >= 11 is 0. The van der Waals surface area contributed by atoms with Crippen molar-refractivity contribution in [2.24, 2.45) is 0 Å². The summed E-state index contributed by atoms with van der Waals surface area (Å²) in [6, 6.07) is 0.